The molecule has 2 N–H and O–H groups in total. The number of methoxy groups -OCH3 is 2. The molecule has 0 aliphatic carbocycles. The Morgan fingerprint density at radius 2 is 1.78 bits per heavy atom. The number of ether oxygens (including phenoxy) is 2. The summed E-state index contributed by atoms with van der Waals surface area (Å²) in [5.74, 6) is -1.56. The summed E-state index contributed by atoms with van der Waals surface area (Å²) in [6, 6.07) is 5.34. The first kappa shape index (κ1) is 17.0. The van der Waals surface area contributed by atoms with Crippen LogP contribution in [0.25, 0.3) is 0 Å². The zero-order valence-corrected chi connectivity index (χ0v) is 13.1. The molecule has 1 aliphatic rings. The van der Waals surface area contributed by atoms with E-state index >= 15 is 0 Å². The van der Waals surface area contributed by atoms with E-state index in [4.69, 9.17) is 9.47 Å². The Morgan fingerprint density at radius 3 is 2.26 bits per heavy atom. The second-order valence-electron chi connectivity index (χ2n) is 5.17. The maximum Gasteiger partial charge on any atom is 0.290 e. The van der Waals surface area contributed by atoms with Gasteiger partial charge >= 0.3 is 0 Å². The number of carbonyl (C=O) groups is 2. The van der Waals surface area contributed by atoms with Gasteiger partial charge in [0.15, 0.2) is 17.8 Å². The number of carbonyl (C=O) groups excluding carboxylic acids is 2. The summed E-state index contributed by atoms with van der Waals surface area (Å²) in [4.78, 5) is 25.6. The van der Waals surface area contributed by atoms with Crippen molar-refractivity contribution in [1.82, 2.24) is 4.90 Å². The summed E-state index contributed by atoms with van der Waals surface area (Å²) >= 11 is 0. The second kappa shape index (κ2) is 6.80. The van der Waals surface area contributed by atoms with E-state index in [1.54, 1.807) is 12.1 Å². The van der Waals surface area contributed by atoms with Crippen LogP contribution in [-0.2, 0) is 19.1 Å². The van der Waals surface area contributed by atoms with Gasteiger partial charge in [0.2, 0.25) is 0 Å². The van der Waals surface area contributed by atoms with Crippen LogP contribution in [0.2, 0.25) is 0 Å². The van der Waals surface area contributed by atoms with Gasteiger partial charge < -0.3 is 24.6 Å². The lowest BCUT2D eigenvalue weighted by atomic mass is 9.96. The SMILES string of the molecule is COC(CN1C(=O)C(O)=C(C(C)=O)[C@@H]1c1ccc(O)cc1)OC. The summed E-state index contributed by atoms with van der Waals surface area (Å²) in [5, 5.41) is 19.5. The number of ketones is 1. The Balaban J connectivity index is 2.46. The number of rotatable bonds is 6. The van der Waals surface area contributed by atoms with Gasteiger partial charge in [0, 0.05) is 14.2 Å². The fraction of sp³-hybridized carbons (Fsp3) is 0.375. The van der Waals surface area contributed by atoms with Crippen LogP contribution in [0, 0.1) is 0 Å². The standard InChI is InChI=1S/C16H19NO6/c1-9(18)13-14(10-4-6-11(19)7-5-10)17(16(21)15(13)20)8-12(22-2)23-3/h4-7,12,14,19-20H,8H2,1-3H3/t14-/m0/s1. The van der Waals surface area contributed by atoms with Crippen molar-refractivity contribution < 1.29 is 29.3 Å². The van der Waals surface area contributed by atoms with Crippen LogP contribution >= 0.6 is 0 Å². The lowest BCUT2D eigenvalue weighted by Crippen LogP contribution is -2.38. The first-order chi connectivity index (χ1) is 10.9. The van der Waals surface area contributed by atoms with Crippen molar-refractivity contribution in [2.45, 2.75) is 19.3 Å². The van der Waals surface area contributed by atoms with Crippen LogP contribution in [0.5, 0.6) is 5.75 Å². The molecule has 1 amide bonds. The number of phenols is 1. The van der Waals surface area contributed by atoms with Crippen LogP contribution < -0.4 is 0 Å². The van der Waals surface area contributed by atoms with Gasteiger partial charge in [-0.15, -0.1) is 0 Å². The molecular formula is C16H19NO6. The fourth-order valence-electron chi connectivity index (χ4n) is 2.61. The molecule has 1 aromatic rings. The molecule has 0 unspecified atom stereocenters. The van der Waals surface area contributed by atoms with E-state index in [2.05, 4.69) is 0 Å². The van der Waals surface area contributed by atoms with Crippen molar-refractivity contribution in [3.8, 4) is 5.75 Å². The zero-order chi connectivity index (χ0) is 17.1. The Bertz CT molecular complexity index is 632. The van der Waals surface area contributed by atoms with E-state index < -0.39 is 29.8 Å². The zero-order valence-electron chi connectivity index (χ0n) is 13.1. The number of aliphatic hydroxyl groups is 1. The summed E-state index contributed by atoms with van der Waals surface area (Å²) in [6.07, 6.45) is -0.697. The molecule has 7 heteroatoms. The first-order valence-electron chi connectivity index (χ1n) is 7.00. The molecule has 2 rings (SSSR count). The molecule has 0 fully saturated rings. The van der Waals surface area contributed by atoms with Crippen molar-refractivity contribution in [2.75, 3.05) is 20.8 Å². The minimum atomic E-state index is -0.756. The molecule has 0 saturated carbocycles. The summed E-state index contributed by atoms with van der Waals surface area (Å²) in [5.41, 5.74) is 0.614. The first-order valence-corrected chi connectivity index (χ1v) is 7.00. The number of nitrogens with zero attached hydrogens (tertiary/aromatic N) is 1. The number of aromatic hydroxyl groups is 1. The minimum absolute atomic E-state index is 0.0200. The van der Waals surface area contributed by atoms with Crippen LogP contribution in [0.4, 0.5) is 0 Å². The van der Waals surface area contributed by atoms with E-state index in [0.29, 0.717) is 5.56 Å². The Kier molecular flexibility index (Phi) is 5.02. The molecule has 1 heterocycles. The lowest BCUT2D eigenvalue weighted by molar-refractivity contribution is -0.144. The molecular weight excluding hydrogens is 302 g/mol. The largest absolute Gasteiger partial charge is 0.508 e. The molecule has 124 valence electrons. The quantitative estimate of drug-likeness (QED) is 0.767. The van der Waals surface area contributed by atoms with E-state index in [1.165, 1.54) is 38.2 Å². The maximum absolute atomic E-state index is 12.3. The van der Waals surface area contributed by atoms with E-state index in [9.17, 15) is 19.8 Å². The van der Waals surface area contributed by atoms with Gasteiger partial charge in [-0.3, -0.25) is 9.59 Å². The molecule has 1 atom stereocenters. The van der Waals surface area contributed by atoms with E-state index in [0.717, 1.165) is 0 Å². The summed E-state index contributed by atoms with van der Waals surface area (Å²) in [7, 11) is 2.87. The molecule has 7 nitrogen and oxygen atoms in total. The van der Waals surface area contributed by atoms with E-state index in [-0.39, 0.29) is 17.9 Å². The van der Waals surface area contributed by atoms with Crippen molar-refractivity contribution in [3.05, 3.63) is 41.2 Å². The third kappa shape index (κ3) is 3.20. The van der Waals surface area contributed by atoms with Gasteiger partial charge in [-0.1, -0.05) is 12.1 Å². The predicted molar refractivity (Wildman–Crippen MR) is 80.7 cm³/mol. The number of benzene rings is 1. The highest BCUT2D eigenvalue weighted by molar-refractivity contribution is 6.08. The molecule has 0 spiro atoms. The highest BCUT2D eigenvalue weighted by atomic mass is 16.7. The predicted octanol–water partition coefficient (Wildman–Crippen LogP) is 1.30. The van der Waals surface area contributed by atoms with Crippen molar-refractivity contribution in [1.29, 1.82) is 0 Å². The number of aliphatic hydroxyl groups excluding tert-OH is 1. The minimum Gasteiger partial charge on any atom is -0.508 e. The van der Waals surface area contributed by atoms with Crippen LogP contribution in [0.3, 0.4) is 0 Å². The number of hydrogen-bond acceptors (Lipinski definition) is 6. The second-order valence-corrected chi connectivity index (χ2v) is 5.17. The smallest absolute Gasteiger partial charge is 0.290 e. The average Bonchev–Trinajstić information content (AvgIpc) is 2.77. The molecule has 1 aliphatic heterocycles. The maximum atomic E-state index is 12.3. The van der Waals surface area contributed by atoms with Gasteiger partial charge in [0.1, 0.15) is 5.75 Å². The van der Waals surface area contributed by atoms with Gasteiger partial charge in [-0.05, 0) is 24.6 Å². The topological polar surface area (TPSA) is 96.3 Å². The third-order valence-electron chi connectivity index (χ3n) is 3.76. The van der Waals surface area contributed by atoms with Crippen LogP contribution in [0.15, 0.2) is 35.6 Å². The number of amides is 1. The fourth-order valence-corrected chi connectivity index (χ4v) is 2.61. The van der Waals surface area contributed by atoms with Gasteiger partial charge in [-0.25, -0.2) is 0 Å². The number of hydrogen-bond donors (Lipinski definition) is 2. The normalized spacial score (nSPS) is 18.2. The Labute approximate surface area is 133 Å². The number of phenolic OH excluding ortho intramolecular Hbond substituents is 1. The molecule has 0 aromatic heterocycles. The van der Waals surface area contributed by atoms with Gasteiger partial charge in [0.25, 0.3) is 5.91 Å². The van der Waals surface area contributed by atoms with Gasteiger partial charge in [-0.2, -0.15) is 0 Å². The monoisotopic (exact) mass is 321 g/mol. The molecule has 1 aromatic carbocycles. The molecule has 0 bridgehead atoms. The lowest BCUT2D eigenvalue weighted by Gasteiger charge is -2.29. The third-order valence-corrected chi connectivity index (χ3v) is 3.76. The van der Waals surface area contributed by atoms with Crippen molar-refractivity contribution in [3.63, 3.8) is 0 Å². The molecule has 0 saturated heterocycles. The molecule has 0 radical (unpaired) electrons. The Morgan fingerprint density at radius 1 is 1.22 bits per heavy atom. The average molecular weight is 321 g/mol. The van der Waals surface area contributed by atoms with Gasteiger partial charge in [0.05, 0.1) is 18.2 Å². The van der Waals surface area contributed by atoms with Crippen molar-refractivity contribution in [2.24, 2.45) is 0 Å². The van der Waals surface area contributed by atoms with Crippen LogP contribution in [-0.4, -0.2) is 53.9 Å². The molecule has 23 heavy (non-hydrogen) atoms. The van der Waals surface area contributed by atoms with E-state index in [1.807, 2.05) is 0 Å². The highest BCUT2D eigenvalue weighted by Crippen LogP contribution is 2.38. The summed E-state index contributed by atoms with van der Waals surface area (Å²) in [6.45, 7) is 1.33. The highest BCUT2D eigenvalue weighted by Gasteiger charge is 2.43. The van der Waals surface area contributed by atoms with Crippen molar-refractivity contribution >= 4 is 11.7 Å². The number of Topliss-reactive ketones (excluding diaryl/α,β-unsaturated/α-hetero) is 1. The van der Waals surface area contributed by atoms with Crippen LogP contribution in [0.1, 0.15) is 18.5 Å². The summed E-state index contributed by atoms with van der Waals surface area (Å²) < 4.78 is 10.2. The Hall–Kier alpha value is -2.38.